The molecule has 0 radical (unpaired) electrons. The summed E-state index contributed by atoms with van der Waals surface area (Å²) in [5, 5.41) is 0. The molecule has 22 heavy (non-hydrogen) atoms. The molecule has 0 aliphatic carbocycles. The van der Waals surface area contributed by atoms with Crippen molar-refractivity contribution in [2.45, 2.75) is 58.6 Å². The van der Waals surface area contributed by atoms with E-state index in [1.807, 2.05) is 46.8 Å². The quantitative estimate of drug-likeness (QED) is 0.617. The maximum atomic E-state index is 11.8. The number of ether oxygens (including phenoxy) is 1. The maximum absolute atomic E-state index is 11.8. The fourth-order valence-electron chi connectivity index (χ4n) is 2.30. The van der Waals surface area contributed by atoms with Crippen LogP contribution in [0.15, 0.2) is 24.3 Å². The molecule has 4 nitrogen and oxygen atoms in total. The van der Waals surface area contributed by atoms with Crippen molar-refractivity contribution in [3.8, 4) is 0 Å². The van der Waals surface area contributed by atoms with Crippen molar-refractivity contribution in [1.82, 2.24) is 0 Å². The maximum Gasteiger partial charge on any atom is 0.462 e. The van der Waals surface area contributed by atoms with Gasteiger partial charge in [-0.05, 0) is 51.8 Å². The first-order chi connectivity index (χ1) is 10.2. The summed E-state index contributed by atoms with van der Waals surface area (Å²) in [6, 6.07) is 7.43. The van der Waals surface area contributed by atoms with Crippen molar-refractivity contribution in [3.05, 3.63) is 35.4 Å². The normalized spacial score (nSPS) is 19.2. The first-order valence-corrected chi connectivity index (χ1v) is 7.87. The molecule has 1 saturated heterocycles. The molecule has 1 aliphatic heterocycles. The summed E-state index contributed by atoms with van der Waals surface area (Å²) in [5.41, 5.74) is 1.01. The van der Waals surface area contributed by atoms with Crippen molar-refractivity contribution in [3.63, 3.8) is 0 Å². The van der Waals surface area contributed by atoms with E-state index in [-0.39, 0.29) is 24.3 Å². The van der Waals surface area contributed by atoms with Crippen LogP contribution in [0.1, 0.15) is 57.0 Å². The van der Waals surface area contributed by atoms with Crippen LogP contribution in [-0.4, -0.2) is 30.9 Å². The molecule has 0 saturated carbocycles. The second-order valence-corrected chi connectivity index (χ2v) is 6.72. The molecule has 0 spiro atoms. The van der Waals surface area contributed by atoms with Gasteiger partial charge in [-0.15, -0.1) is 0 Å². The zero-order valence-corrected chi connectivity index (χ0v) is 14.1. The van der Waals surface area contributed by atoms with E-state index >= 15 is 0 Å². The van der Waals surface area contributed by atoms with Crippen LogP contribution < -0.4 is 0 Å². The third-order valence-corrected chi connectivity index (χ3v) is 4.33. The molecule has 1 fully saturated rings. The summed E-state index contributed by atoms with van der Waals surface area (Å²) < 4.78 is 17.1. The average molecular weight is 304 g/mol. The Labute approximate surface area is 133 Å². The largest absolute Gasteiger partial charge is 0.462 e. The van der Waals surface area contributed by atoms with E-state index in [4.69, 9.17) is 14.0 Å². The zero-order chi connectivity index (χ0) is 16.4. The molecular formula is C17H25BO4. The van der Waals surface area contributed by atoms with Gasteiger partial charge in [0.15, 0.2) is 0 Å². The van der Waals surface area contributed by atoms with Gasteiger partial charge in [-0.3, -0.25) is 0 Å². The Morgan fingerprint density at radius 2 is 1.64 bits per heavy atom. The fraction of sp³-hybridized carbons (Fsp3) is 0.588. The third kappa shape index (κ3) is 3.71. The topological polar surface area (TPSA) is 44.8 Å². The monoisotopic (exact) mass is 304 g/mol. The van der Waals surface area contributed by atoms with Crippen molar-refractivity contribution < 1.29 is 18.8 Å². The van der Waals surface area contributed by atoms with Crippen LogP contribution in [0, 0.1) is 0 Å². The smallest absolute Gasteiger partial charge is 0.462 e. The highest BCUT2D eigenvalue weighted by atomic mass is 16.7. The molecule has 1 aromatic rings. The summed E-state index contributed by atoms with van der Waals surface area (Å²) >= 11 is 0. The predicted molar refractivity (Wildman–Crippen MR) is 86.8 cm³/mol. The highest BCUT2D eigenvalue weighted by Gasteiger charge is 2.50. The van der Waals surface area contributed by atoms with E-state index < -0.39 is 0 Å². The van der Waals surface area contributed by atoms with Gasteiger partial charge in [0.2, 0.25) is 0 Å². The van der Waals surface area contributed by atoms with E-state index in [1.165, 1.54) is 0 Å². The van der Waals surface area contributed by atoms with Crippen LogP contribution in [0.4, 0.5) is 0 Å². The number of carbonyl (C=O) groups excluding carboxylic acids is 1. The molecule has 2 rings (SSSR count). The lowest BCUT2D eigenvalue weighted by Crippen LogP contribution is -2.41. The van der Waals surface area contributed by atoms with Crippen molar-refractivity contribution in [2.75, 3.05) is 6.61 Å². The highest BCUT2D eigenvalue weighted by molar-refractivity contribution is 6.45. The standard InChI is InChI=1S/C17H25BO4/c1-6-11-20-15(19)14-9-7-13(8-10-14)12-18-21-16(2,3)17(4,5)22-18/h7-10H,6,11-12H2,1-5H3. The van der Waals surface area contributed by atoms with Gasteiger partial charge >= 0.3 is 13.1 Å². The summed E-state index contributed by atoms with van der Waals surface area (Å²) in [6.07, 6.45) is 1.49. The molecule has 120 valence electrons. The lowest BCUT2D eigenvalue weighted by Gasteiger charge is -2.32. The summed E-state index contributed by atoms with van der Waals surface area (Å²) in [6.45, 7) is 10.6. The predicted octanol–water partition coefficient (Wildman–Crippen LogP) is 3.43. The molecule has 1 aliphatic rings. The van der Waals surface area contributed by atoms with Gasteiger partial charge in [0.1, 0.15) is 0 Å². The van der Waals surface area contributed by atoms with Crippen LogP contribution >= 0.6 is 0 Å². The summed E-state index contributed by atoms with van der Waals surface area (Å²) in [4.78, 5) is 11.8. The minimum Gasteiger partial charge on any atom is -0.462 e. The second-order valence-electron chi connectivity index (χ2n) is 6.72. The minimum absolute atomic E-state index is 0.261. The van der Waals surface area contributed by atoms with Gasteiger partial charge in [0.25, 0.3) is 0 Å². The molecule has 0 aromatic heterocycles. The first-order valence-electron chi connectivity index (χ1n) is 7.87. The number of benzene rings is 1. The van der Waals surface area contributed by atoms with Gasteiger partial charge in [-0.2, -0.15) is 0 Å². The van der Waals surface area contributed by atoms with Crippen molar-refractivity contribution in [1.29, 1.82) is 0 Å². The third-order valence-electron chi connectivity index (χ3n) is 4.33. The Hall–Kier alpha value is -1.33. The lowest BCUT2D eigenvalue weighted by atomic mass is 9.80. The van der Waals surface area contributed by atoms with Crippen LogP contribution in [0.25, 0.3) is 0 Å². The number of hydrogen-bond donors (Lipinski definition) is 0. The molecule has 0 unspecified atom stereocenters. The van der Waals surface area contributed by atoms with E-state index in [0.29, 0.717) is 18.5 Å². The lowest BCUT2D eigenvalue weighted by molar-refractivity contribution is 0.00578. The Bertz CT molecular complexity index is 506. The van der Waals surface area contributed by atoms with Crippen LogP contribution in [0.2, 0.25) is 0 Å². The van der Waals surface area contributed by atoms with E-state index in [0.717, 1.165) is 12.0 Å². The average Bonchev–Trinajstić information content (AvgIpc) is 2.64. The Kier molecular flexibility index (Phi) is 4.98. The molecule has 0 amide bonds. The molecule has 0 bridgehead atoms. The van der Waals surface area contributed by atoms with Gasteiger partial charge in [-0.1, -0.05) is 19.1 Å². The molecule has 1 aromatic carbocycles. The van der Waals surface area contributed by atoms with Crippen LogP contribution in [0.3, 0.4) is 0 Å². The number of carbonyl (C=O) groups is 1. The highest BCUT2D eigenvalue weighted by Crippen LogP contribution is 2.37. The molecule has 0 N–H and O–H groups in total. The van der Waals surface area contributed by atoms with Gasteiger partial charge in [0.05, 0.1) is 23.4 Å². The summed E-state index contributed by atoms with van der Waals surface area (Å²) in [7, 11) is -0.261. The van der Waals surface area contributed by atoms with Crippen LogP contribution in [0.5, 0.6) is 0 Å². The molecule has 0 atom stereocenters. The SMILES string of the molecule is CCCOC(=O)c1ccc(CB2OC(C)(C)C(C)(C)O2)cc1. The molecule has 1 heterocycles. The molecular weight excluding hydrogens is 279 g/mol. The van der Waals surface area contributed by atoms with Crippen molar-refractivity contribution >= 4 is 13.1 Å². The molecule has 5 heteroatoms. The Morgan fingerprint density at radius 1 is 1.09 bits per heavy atom. The minimum atomic E-state index is -0.318. The first kappa shape index (κ1) is 17.0. The van der Waals surface area contributed by atoms with Gasteiger partial charge < -0.3 is 14.0 Å². The number of hydrogen-bond acceptors (Lipinski definition) is 4. The Morgan fingerprint density at radius 3 is 2.14 bits per heavy atom. The Balaban J connectivity index is 1.97. The van der Waals surface area contributed by atoms with Crippen molar-refractivity contribution in [2.24, 2.45) is 0 Å². The fourth-order valence-corrected chi connectivity index (χ4v) is 2.30. The number of esters is 1. The zero-order valence-electron chi connectivity index (χ0n) is 14.1. The van der Waals surface area contributed by atoms with E-state index in [1.54, 1.807) is 12.1 Å². The second kappa shape index (κ2) is 6.43. The van der Waals surface area contributed by atoms with E-state index in [9.17, 15) is 4.79 Å². The van der Waals surface area contributed by atoms with Gasteiger partial charge in [-0.25, -0.2) is 4.79 Å². The summed E-state index contributed by atoms with van der Waals surface area (Å²) in [5.74, 6) is -0.274. The van der Waals surface area contributed by atoms with Gasteiger partial charge in [0, 0.05) is 6.32 Å². The van der Waals surface area contributed by atoms with E-state index in [2.05, 4.69) is 0 Å². The van der Waals surface area contributed by atoms with Crippen LogP contribution in [-0.2, 0) is 20.4 Å². The number of rotatable bonds is 5.